The van der Waals surface area contributed by atoms with Crippen LogP contribution in [0, 0.1) is 12.8 Å². The van der Waals surface area contributed by atoms with E-state index in [0.717, 1.165) is 9.87 Å². The number of sulfonamides is 1. The molecule has 140 valence electrons. The van der Waals surface area contributed by atoms with Gasteiger partial charge in [0.1, 0.15) is 6.54 Å². The Kier molecular flexibility index (Phi) is 6.42. The standard InChI is InChI=1S/C20H26N2O3S/c1-15(2)17(4)21-20(23)14-22(18-10-8-9-16(3)13-18)26(24,25)19-11-6-5-7-12-19/h5-13,15,17H,14H2,1-4H3,(H,21,23)/t17-/m1/s1. The van der Waals surface area contributed by atoms with Crippen molar-refractivity contribution in [3.63, 3.8) is 0 Å². The third kappa shape index (κ3) is 4.85. The summed E-state index contributed by atoms with van der Waals surface area (Å²) in [6.07, 6.45) is 0. The summed E-state index contributed by atoms with van der Waals surface area (Å²) in [4.78, 5) is 12.6. The first kappa shape index (κ1) is 20.0. The van der Waals surface area contributed by atoms with E-state index in [1.54, 1.807) is 36.4 Å². The van der Waals surface area contributed by atoms with E-state index in [0.29, 0.717) is 5.69 Å². The van der Waals surface area contributed by atoms with Gasteiger partial charge in [-0.05, 0) is 49.6 Å². The fourth-order valence-corrected chi connectivity index (χ4v) is 3.85. The van der Waals surface area contributed by atoms with Crippen LogP contribution in [-0.4, -0.2) is 26.9 Å². The fraction of sp³-hybridized carbons (Fsp3) is 0.350. The molecule has 0 saturated heterocycles. The van der Waals surface area contributed by atoms with Crippen molar-refractivity contribution in [3.05, 3.63) is 60.2 Å². The maximum absolute atomic E-state index is 13.1. The lowest BCUT2D eigenvalue weighted by Gasteiger charge is -2.26. The van der Waals surface area contributed by atoms with Crippen LogP contribution >= 0.6 is 0 Å². The molecule has 2 aromatic rings. The second kappa shape index (κ2) is 8.36. The quantitative estimate of drug-likeness (QED) is 0.808. The molecule has 0 fully saturated rings. The van der Waals surface area contributed by atoms with Gasteiger partial charge in [-0.3, -0.25) is 9.10 Å². The second-order valence-corrected chi connectivity index (χ2v) is 8.63. The molecule has 2 rings (SSSR count). The van der Waals surface area contributed by atoms with Crippen LogP contribution in [0.5, 0.6) is 0 Å². The highest BCUT2D eigenvalue weighted by atomic mass is 32.2. The number of hydrogen-bond donors (Lipinski definition) is 1. The third-order valence-electron chi connectivity index (χ3n) is 4.30. The lowest BCUT2D eigenvalue weighted by molar-refractivity contribution is -0.120. The van der Waals surface area contributed by atoms with Gasteiger partial charge in [0.2, 0.25) is 5.91 Å². The molecule has 0 unspecified atom stereocenters. The van der Waals surface area contributed by atoms with E-state index in [9.17, 15) is 13.2 Å². The molecule has 0 spiro atoms. The Morgan fingerprint density at radius 1 is 1.04 bits per heavy atom. The van der Waals surface area contributed by atoms with E-state index in [1.807, 2.05) is 33.8 Å². The number of hydrogen-bond acceptors (Lipinski definition) is 3. The van der Waals surface area contributed by atoms with E-state index >= 15 is 0 Å². The topological polar surface area (TPSA) is 66.5 Å². The number of anilines is 1. The average molecular weight is 375 g/mol. The molecule has 26 heavy (non-hydrogen) atoms. The molecule has 0 aliphatic heterocycles. The average Bonchev–Trinajstić information content (AvgIpc) is 2.60. The second-order valence-electron chi connectivity index (χ2n) is 6.76. The molecule has 1 amide bonds. The molecule has 0 radical (unpaired) electrons. The Balaban J connectivity index is 2.39. The summed E-state index contributed by atoms with van der Waals surface area (Å²) in [5, 5.41) is 2.87. The lowest BCUT2D eigenvalue weighted by Crippen LogP contribution is -2.45. The SMILES string of the molecule is Cc1cccc(N(CC(=O)N[C@H](C)C(C)C)S(=O)(=O)c2ccccc2)c1. The van der Waals surface area contributed by atoms with Crippen LogP contribution in [0.3, 0.4) is 0 Å². The molecule has 0 bridgehead atoms. The maximum Gasteiger partial charge on any atom is 0.264 e. The molecule has 0 heterocycles. The zero-order valence-electron chi connectivity index (χ0n) is 15.6. The summed E-state index contributed by atoms with van der Waals surface area (Å²) in [7, 11) is -3.85. The van der Waals surface area contributed by atoms with Crippen molar-refractivity contribution in [3.8, 4) is 0 Å². The van der Waals surface area contributed by atoms with Gasteiger partial charge in [0, 0.05) is 6.04 Å². The van der Waals surface area contributed by atoms with Crippen LogP contribution < -0.4 is 9.62 Å². The van der Waals surface area contributed by atoms with Gasteiger partial charge in [0.25, 0.3) is 10.0 Å². The molecule has 0 aromatic heterocycles. The van der Waals surface area contributed by atoms with Crippen LogP contribution in [0.1, 0.15) is 26.3 Å². The summed E-state index contributed by atoms with van der Waals surface area (Å²) in [5.74, 6) is -0.0655. The molecule has 5 nitrogen and oxygen atoms in total. The highest BCUT2D eigenvalue weighted by Crippen LogP contribution is 2.24. The van der Waals surface area contributed by atoms with Crippen molar-refractivity contribution in [1.29, 1.82) is 0 Å². The highest BCUT2D eigenvalue weighted by Gasteiger charge is 2.27. The fourth-order valence-electron chi connectivity index (χ4n) is 2.41. The summed E-state index contributed by atoms with van der Waals surface area (Å²) in [6, 6.07) is 15.3. The van der Waals surface area contributed by atoms with Crippen molar-refractivity contribution in [1.82, 2.24) is 5.32 Å². The Morgan fingerprint density at radius 2 is 1.69 bits per heavy atom. The van der Waals surface area contributed by atoms with Gasteiger partial charge in [-0.25, -0.2) is 8.42 Å². The minimum Gasteiger partial charge on any atom is -0.352 e. The normalized spacial score (nSPS) is 12.7. The number of rotatable bonds is 7. The first-order valence-electron chi connectivity index (χ1n) is 8.65. The minimum absolute atomic E-state index is 0.0405. The van der Waals surface area contributed by atoms with Gasteiger partial charge in [0.15, 0.2) is 0 Å². The molecular weight excluding hydrogens is 348 g/mol. The summed E-state index contributed by atoms with van der Waals surface area (Å²) in [5.41, 5.74) is 1.40. The van der Waals surface area contributed by atoms with Gasteiger partial charge in [0.05, 0.1) is 10.6 Å². The molecule has 1 N–H and O–H groups in total. The molecular formula is C20H26N2O3S. The van der Waals surface area contributed by atoms with Crippen LogP contribution in [0.25, 0.3) is 0 Å². The molecule has 2 aromatic carbocycles. The number of benzene rings is 2. The Bertz CT molecular complexity index is 848. The van der Waals surface area contributed by atoms with Gasteiger partial charge in [-0.2, -0.15) is 0 Å². The lowest BCUT2D eigenvalue weighted by atomic mass is 10.1. The first-order valence-corrected chi connectivity index (χ1v) is 10.1. The van der Waals surface area contributed by atoms with E-state index < -0.39 is 10.0 Å². The number of aryl methyl sites for hydroxylation is 1. The monoisotopic (exact) mass is 374 g/mol. The van der Waals surface area contributed by atoms with E-state index in [1.165, 1.54) is 12.1 Å². The van der Waals surface area contributed by atoms with Gasteiger partial charge in [-0.1, -0.05) is 44.2 Å². The van der Waals surface area contributed by atoms with Gasteiger partial charge >= 0.3 is 0 Å². The third-order valence-corrected chi connectivity index (χ3v) is 6.08. The van der Waals surface area contributed by atoms with Crippen molar-refractivity contribution >= 4 is 21.6 Å². The van der Waals surface area contributed by atoms with Gasteiger partial charge < -0.3 is 5.32 Å². The molecule has 1 atom stereocenters. The van der Waals surface area contributed by atoms with Crippen molar-refractivity contribution in [2.24, 2.45) is 5.92 Å². The number of carbonyl (C=O) groups excluding carboxylic acids is 1. The number of nitrogens with one attached hydrogen (secondary N) is 1. The van der Waals surface area contributed by atoms with Crippen molar-refractivity contribution in [2.45, 2.75) is 38.6 Å². The van der Waals surface area contributed by atoms with E-state index in [-0.39, 0.29) is 29.3 Å². The molecule has 6 heteroatoms. The number of carbonyl (C=O) groups is 1. The first-order chi connectivity index (χ1) is 12.2. The Morgan fingerprint density at radius 3 is 2.27 bits per heavy atom. The number of amides is 1. The van der Waals surface area contributed by atoms with E-state index in [2.05, 4.69) is 5.32 Å². The zero-order chi connectivity index (χ0) is 19.3. The minimum atomic E-state index is -3.85. The van der Waals surface area contributed by atoms with Crippen LogP contribution in [0.4, 0.5) is 5.69 Å². The smallest absolute Gasteiger partial charge is 0.264 e. The molecule has 0 aliphatic carbocycles. The molecule has 0 saturated carbocycles. The summed E-state index contributed by atoms with van der Waals surface area (Å²) < 4.78 is 27.5. The zero-order valence-corrected chi connectivity index (χ0v) is 16.5. The van der Waals surface area contributed by atoms with Crippen LogP contribution in [0.2, 0.25) is 0 Å². The maximum atomic E-state index is 13.1. The predicted molar refractivity (Wildman–Crippen MR) is 105 cm³/mol. The van der Waals surface area contributed by atoms with Crippen LogP contribution in [-0.2, 0) is 14.8 Å². The largest absolute Gasteiger partial charge is 0.352 e. The Hall–Kier alpha value is -2.34. The van der Waals surface area contributed by atoms with E-state index in [4.69, 9.17) is 0 Å². The summed E-state index contributed by atoms with van der Waals surface area (Å²) >= 11 is 0. The van der Waals surface area contributed by atoms with Crippen molar-refractivity contribution in [2.75, 3.05) is 10.8 Å². The van der Waals surface area contributed by atoms with Crippen molar-refractivity contribution < 1.29 is 13.2 Å². The van der Waals surface area contributed by atoms with Gasteiger partial charge in [-0.15, -0.1) is 0 Å². The molecule has 0 aliphatic rings. The number of nitrogens with zero attached hydrogens (tertiary/aromatic N) is 1. The summed E-state index contributed by atoms with van der Waals surface area (Å²) in [6.45, 7) is 7.54. The highest BCUT2D eigenvalue weighted by molar-refractivity contribution is 7.92. The van der Waals surface area contributed by atoms with Crippen LogP contribution in [0.15, 0.2) is 59.5 Å². The Labute approximate surface area is 156 Å². The predicted octanol–water partition coefficient (Wildman–Crippen LogP) is 3.35.